The molecule has 0 N–H and O–H groups in total. The highest BCUT2D eigenvalue weighted by Crippen LogP contribution is 2.43. The first-order valence-corrected chi connectivity index (χ1v) is 13.1. The summed E-state index contributed by atoms with van der Waals surface area (Å²) in [7, 11) is 3.96. The number of likely N-dealkylation sites (N-methyl/N-ethyl adjacent to an activating group) is 1. The highest BCUT2D eigenvalue weighted by molar-refractivity contribution is 7.99. The second-order valence-electron chi connectivity index (χ2n) is 9.38. The molecule has 36 heavy (non-hydrogen) atoms. The first-order chi connectivity index (χ1) is 17.3. The van der Waals surface area contributed by atoms with Crippen LogP contribution in [-0.2, 0) is 11.3 Å². The van der Waals surface area contributed by atoms with Crippen LogP contribution in [0.3, 0.4) is 0 Å². The van der Waals surface area contributed by atoms with Gasteiger partial charge in [-0.2, -0.15) is 0 Å². The Labute approximate surface area is 216 Å². The number of carbonyl (C=O) groups is 2. The number of amides is 2. The van der Waals surface area contributed by atoms with Gasteiger partial charge in [0, 0.05) is 31.0 Å². The van der Waals surface area contributed by atoms with Gasteiger partial charge in [0.05, 0.1) is 0 Å². The van der Waals surface area contributed by atoms with E-state index in [2.05, 4.69) is 0 Å². The summed E-state index contributed by atoms with van der Waals surface area (Å²) in [5, 5.41) is -0.374. The second kappa shape index (κ2) is 11.7. The summed E-state index contributed by atoms with van der Waals surface area (Å²) < 4.78 is 13.6. The third-order valence-electron chi connectivity index (χ3n) is 6.32. The lowest BCUT2D eigenvalue weighted by atomic mass is 10.1. The summed E-state index contributed by atoms with van der Waals surface area (Å²) in [5.41, 5.74) is 3.44. The molecule has 1 saturated heterocycles. The van der Waals surface area contributed by atoms with Crippen molar-refractivity contribution < 1.29 is 14.0 Å². The molecule has 0 aliphatic carbocycles. The van der Waals surface area contributed by atoms with Crippen LogP contribution in [0.5, 0.6) is 0 Å². The fraction of sp³-hybridized carbons (Fsp3) is 0.310. The third-order valence-corrected chi connectivity index (χ3v) is 7.64. The standard InChI is InChI=1S/C29H32FN3O2S/c1-21-9-11-23(12-10-21)27(34)33-26(20-36-29(33)24-13-15-25(30)16-14-24)28(35)32(18-17-31(2)3)19-22-7-5-4-6-8-22/h4-16,26,29H,17-20H2,1-3H3. The largest absolute Gasteiger partial charge is 0.335 e. The number of benzene rings is 3. The Kier molecular flexibility index (Phi) is 8.44. The van der Waals surface area contributed by atoms with E-state index in [1.165, 1.54) is 12.1 Å². The number of aryl methyl sites for hydroxylation is 1. The van der Waals surface area contributed by atoms with Gasteiger partial charge in [-0.15, -0.1) is 11.8 Å². The molecule has 5 nitrogen and oxygen atoms in total. The predicted octanol–water partition coefficient (Wildman–Crippen LogP) is 4.98. The Balaban J connectivity index is 1.67. The molecular formula is C29H32FN3O2S. The molecule has 1 aliphatic rings. The van der Waals surface area contributed by atoms with Gasteiger partial charge in [0.15, 0.2) is 0 Å². The van der Waals surface area contributed by atoms with Gasteiger partial charge in [-0.1, -0.05) is 60.2 Å². The summed E-state index contributed by atoms with van der Waals surface area (Å²) >= 11 is 1.54. The van der Waals surface area contributed by atoms with Gasteiger partial charge >= 0.3 is 0 Å². The summed E-state index contributed by atoms with van der Waals surface area (Å²) in [6.45, 7) is 3.71. The van der Waals surface area contributed by atoms with Crippen LogP contribution in [0.4, 0.5) is 4.39 Å². The average Bonchev–Trinajstić information content (AvgIpc) is 3.32. The minimum absolute atomic E-state index is 0.0710. The van der Waals surface area contributed by atoms with E-state index in [0.717, 1.165) is 16.7 Å². The summed E-state index contributed by atoms with van der Waals surface area (Å²) in [5.74, 6) is -0.118. The number of hydrogen-bond acceptors (Lipinski definition) is 4. The van der Waals surface area contributed by atoms with Gasteiger partial charge in [-0.25, -0.2) is 4.39 Å². The molecule has 0 bridgehead atoms. The average molecular weight is 506 g/mol. The minimum Gasteiger partial charge on any atom is -0.335 e. The van der Waals surface area contributed by atoms with Crippen LogP contribution in [0.1, 0.15) is 32.4 Å². The predicted molar refractivity (Wildman–Crippen MR) is 143 cm³/mol. The molecule has 188 valence electrons. The molecule has 2 amide bonds. The summed E-state index contributed by atoms with van der Waals surface area (Å²) in [6, 6.07) is 22.9. The van der Waals surface area contributed by atoms with Gasteiger partial charge < -0.3 is 14.7 Å². The summed E-state index contributed by atoms with van der Waals surface area (Å²) in [4.78, 5) is 33.5. The van der Waals surface area contributed by atoms with Crippen molar-refractivity contribution in [3.8, 4) is 0 Å². The Hall–Kier alpha value is -3.16. The van der Waals surface area contributed by atoms with Crippen molar-refractivity contribution in [2.45, 2.75) is 24.9 Å². The topological polar surface area (TPSA) is 43.9 Å². The van der Waals surface area contributed by atoms with Crippen molar-refractivity contribution in [2.24, 2.45) is 0 Å². The van der Waals surface area contributed by atoms with Crippen LogP contribution in [0.15, 0.2) is 78.9 Å². The van der Waals surface area contributed by atoms with E-state index in [9.17, 15) is 14.0 Å². The number of nitrogens with zero attached hydrogens (tertiary/aromatic N) is 3. The fourth-order valence-electron chi connectivity index (χ4n) is 4.28. The van der Waals surface area contributed by atoms with Crippen molar-refractivity contribution in [1.82, 2.24) is 14.7 Å². The van der Waals surface area contributed by atoms with Crippen molar-refractivity contribution in [3.63, 3.8) is 0 Å². The molecule has 4 rings (SSSR count). The lowest BCUT2D eigenvalue weighted by molar-refractivity contribution is -0.136. The Morgan fingerprint density at radius 3 is 2.25 bits per heavy atom. The summed E-state index contributed by atoms with van der Waals surface area (Å²) in [6.07, 6.45) is 0. The third kappa shape index (κ3) is 6.15. The van der Waals surface area contributed by atoms with Crippen LogP contribution in [0.2, 0.25) is 0 Å². The van der Waals surface area contributed by atoms with Gasteiger partial charge in [-0.3, -0.25) is 9.59 Å². The van der Waals surface area contributed by atoms with Crippen LogP contribution < -0.4 is 0 Å². The SMILES string of the molecule is Cc1ccc(C(=O)N2C(C(=O)N(CCN(C)C)Cc3ccccc3)CSC2c2ccc(F)cc2)cc1. The maximum absolute atomic E-state index is 14.0. The zero-order chi connectivity index (χ0) is 25.7. The number of halogens is 1. The molecule has 3 aromatic rings. The molecule has 1 fully saturated rings. The molecule has 2 unspecified atom stereocenters. The van der Waals surface area contributed by atoms with Crippen LogP contribution >= 0.6 is 11.8 Å². The molecule has 1 heterocycles. The number of rotatable bonds is 8. The normalized spacial score (nSPS) is 17.4. The second-order valence-corrected chi connectivity index (χ2v) is 10.5. The maximum Gasteiger partial charge on any atom is 0.255 e. The smallest absolute Gasteiger partial charge is 0.255 e. The first kappa shape index (κ1) is 25.9. The maximum atomic E-state index is 14.0. The van der Waals surface area contributed by atoms with E-state index >= 15 is 0 Å². The lowest BCUT2D eigenvalue weighted by Gasteiger charge is -2.33. The van der Waals surface area contributed by atoms with E-state index in [1.54, 1.807) is 40.9 Å². The van der Waals surface area contributed by atoms with Crippen molar-refractivity contribution in [3.05, 3.63) is 107 Å². The Bertz CT molecular complexity index is 1170. The van der Waals surface area contributed by atoms with Crippen molar-refractivity contribution in [2.75, 3.05) is 32.9 Å². The fourth-order valence-corrected chi connectivity index (χ4v) is 5.70. The zero-order valence-corrected chi connectivity index (χ0v) is 21.7. The van der Waals surface area contributed by atoms with Crippen LogP contribution in [-0.4, -0.2) is 65.5 Å². The van der Waals surface area contributed by atoms with E-state index in [0.29, 0.717) is 31.0 Å². The molecule has 0 radical (unpaired) electrons. The van der Waals surface area contributed by atoms with E-state index in [4.69, 9.17) is 0 Å². The number of carbonyl (C=O) groups excluding carboxylic acids is 2. The Morgan fingerprint density at radius 2 is 1.61 bits per heavy atom. The number of thioether (sulfide) groups is 1. The molecule has 2 atom stereocenters. The lowest BCUT2D eigenvalue weighted by Crippen LogP contribution is -2.50. The van der Waals surface area contributed by atoms with Crippen molar-refractivity contribution in [1.29, 1.82) is 0 Å². The Morgan fingerprint density at radius 1 is 0.944 bits per heavy atom. The molecule has 0 spiro atoms. The van der Waals surface area contributed by atoms with Crippen LogP contribution in [0, 0.1) is 12.7 Å². The van der Waals surface area contributed by atoms with E-state index in [1.807, 2.05) is 73.3 Å². The zero-order valence-electron chi connectivity index (χ0n) is 20.9. The quantitative estimate of drug-likeness (QED) is 0.433. The first-order valence-electron chi connectivity index (χ1n) is 12.1. The molecule has 0 saturated carbocycles. The van der Waals surface area contributed by atoms with Gasteiger partial charge in [0.2, 0.25) is 5.91 Å². The van der Waals surface area contributed by atoms with Crippen LogP contribution in [0.25, 0.3) is 0 Å². The molecule has 3 aromatic carbocycles. The number of hydrogen-bond donors (Lipinski definition) is 0. The molecule has 0 aromatic heterocycles. The van der Waals surface area contributed by atoms with Gasteiger partial charge in [0.25, 0.3) is 5.91 Å². The highest BCUT2D eigenvalue weighted by Gasteiger charge is 2.44. The van der Waals surface area contributed by atoms with Gasteiger partial charge in [0.1, 0.15) is 17.2 Å². The van der Waals surface area contributed by atoms with E-state index in [-0.39, 0.29) is 23.0 Å². The molecular weight excluding hydrogens is 473 g/mol. The van der Waals surface area contributed by atoms with E-state index < -0.39 is 6.04 Å². The minimum atomic E-state index is -0.621. The highest BCUT2D eigenvalue weighted by atomic mass is 32.2. The molecule has 7 heteroatoms. The van der Waals surface area contributed by atoms with Gasteiger partial charge in [-0.05, 0) is 56.4 Å². The van der Waals surface area contributed by atoms with Crippen molar-refractivity contribution >= 4 is 23.6 Å². The monoisotopic (exact) mass is 505 g/mol. The molecule has 1 aliphatic heterocycles.